The van der Waals surface area contributed by atoms with E-state index < -0.39 is 22.0 Å². The molecule has 4 rings (SSSR count). The predicted octanol–water partition coefficient (Wildman–Crippen LogP) is 2.85. The molecule has 0 saturated heterocycles. The zero-order valence-corrected chi connectivity index (χ0v) is 17.1. The van der Waals surface area contributed by atoms with Crippen molar-refractivity contribution in [3.05, 3.63) is 89.8 Å². The van der Waals surface area contributed by atoms with Gasteiger partial charge < -0.3 is 4.57 Å². The average Bonchev–Trinajstić information content (AvgIpc) is 3.13. The van der Waals surface area contributed by atoms with Crippen molar-refractivity contribution in [1.82, 2.24) is 18.7 Å². The smallest absolute Gasteiger partial charge is 0.313 e. The number of hydrogen-bond acceptors (Lipinski definition) is 5. The number of aromatic nitrogens is 4. The molecule has 0 N–H and O–H groups in total. The topological polar surface area (TPSA) is 105 Å². The normalized spacial score (nSPS) is 11.2. The second kappa shape index (κ2) is 7.47. The van der Waals surface area contributed by atoms with E-state index in [0.717, 1.165) is 4.57 Å². The van der Waals surface area contributed by atoms with E-state index in [-0.39, 0.29) is 39.8 Å². The summed E-state index contributed by atoms with van der Waals surface area (Å²) in [7, 11) is 2.78. The molecule has 0 fully saturated rings. The van der Waals surface area contributed by atoms with Crippen LogP contribution in [-0.4, -0.2) is 23.6 Å². The summed E-state index contributed by atoms with van der Waals surface area (Å²) in [5, 5.41) is 11.4. The number of fused-ring (bicyclic) bond motifs is 1. The van der Waals surface area contributed by atoms with Gasteiger partial charge in [-0.25, -0.2) is 14.2 Å². The van der Waals surface area contributed by atoms with E-state index in [4.69, 9.17) is 11.6 Å². The summed E-state index contributed by atoms with van der Waals surface area (Å²) in [5.74, 6) is -0.419. The molecule has 0 aliphatic carbocycles. The fraction of sp³-hybridized carbons (Fsp3) is 0.150. The Kier molecular flexibility index (Phi) is 4.94. The Balaban J connectivity index is 2.10. The fourth-order valence-electron chi connectivity index (χ4n) is 3.42. The first-order valence-electron chi connectivity index (χ1n) is 9.04. The van der Waals surface area contributed by atoms with Gasteiger partial charge in [-0.1, -0.05) is 29.8 Å². The molecule has 2 aromatic carbocycles. The van der Waals surface area contributed by atoms with Gasteiger partial charge in [0, 0.05) is 42.4 Å². The molecule has 0 radical (unpaired) electrons. The fourth-order valence-corrected chi connectivity index (χ4v) is 3.64. The van der Waals surface area contributed by atoms with Crippen molar-refractivity contribution in [1.29, 1.82) is 0 Å². The van der Waals surface area contributed by atoms with E-state index in [1.54, 1.807) is 6.07 Å². The summed E-state index contributed by atoms with van der Waals surface area (Å²) < 4.78 is 18.0. The van der Waals surface area contributed by atoms with Crippen LogP contribution in [0.5, 0.6) is 0 Å². The van der Waals surface area contributed by atoms with Gasteiger partial charge in [0.25, 0.3) is 11.2 Å². The minimum Gasteiger partial charge on any atom is -0.313 e. The number of non-ortho nitro benzene ring substituents is 1. The summed E-state index contributed by atoms with van der Waals surface area (Å²) in [6.07, 6.45) is 0. The number of imidazole rings is 1. The predicted molar refractivity (Wildman–Crippen MR) is 113 cm³/mol. The van der Waals surface area contributed by atoms with Crippen molar-refractivity contribution >= 4 is 28.5 Å². The van der Waals surface area contributed by atoms with Gasteiger partial charge in [-0.3, -0.25) is 24.0 Å². The Morgan fingerprint density at radius 1 is 1.13 bits per heavy atom. The quantitative estimate of drug-likeness (QED) is 0.356. The van der Waals surface area contributed by atoms with Crippen LogP contribution in [0.25, 0.3) is 22.6 Å². The third kappa shape index (κ3) is 3.30. The van der Waals surface area contributed by atoms with Gasteiger partial charge in [-0.05, 0) is 12.1 Å². The van der Waals surface area contributed by atoms with Crippen LogP contribution in [0.4, 0.5) is 10.1 Å². The Labute approximate surface area is 178 Å². The van der Waals surface area contributed by atoms with Gasteiger partial charge in [0.2, 0.25) is 0 Å². The van der Waals surface area contributed by atoms with E-state index in [1.165, 1.54) is 59.6 Å². The molecular weight excluding hydrogens is 429 g/mol. The van der Waals surface area contributed by atoms with E-state index in [9.17, 15) is 24.1 Å². The van der Waals surface area contributed by atoms with E-state index in [0.29, 0.717) is 5.56 Å². The first-order valence-corrected chi connectivity index (χ1v) is 9.42. The van der Waals surface area contributed by atoms with Crippen LogP contribution in [0.1, 0.15) is 5.56 Å². The summed E-state index contributed by atoms with van der Waals surface area (Å²) in [6, 6.07) is 9.88. The standard InChI is InChI=1S/C20H15ClFN5O4/c1-24-18-16(19(28)25(2)20(24)29)26(10-13-14(21)7-4-8-15(13)22)17(23-18)11-5-3-6-12(9-11)27(30)31/h3-9H,10H2,1-2H3. The molecule has 0 saturated carbocycles. The highest BCUT2D eigenvalue weighted by Gasteiger charge is 2.22. The van der Waals surface area contributed by atoms with Gasteiger partial charge >= 0.3 is 5.69 Å². The summed E-state index contributed by atoms with van der Waals surface area (Å²) >= 11 is 6.19. The molecule has 0 bridgehead atoms. The lowest BCUT2D eigenvalue weighted by molar-refractivity contribution is -0.384. The lowest BCUT2D eigenvalue weighted by Crippen LogP contribution is -2.37. The van der Waals surface area contributed by atoms with E-state index in [2.05, 4.69) is 4.98 Å². The zero-order valence-electron chi connectivity index (χ0n) is 16.4. The van der Waals surface area contributed by atoms with Crippen molar-refractivity contribution in [2.24, 2.45) is 14.1 Å². The SMILES string of the molecule is Cn1c(=O)c2c(nc(-c3cccc([N+](=O)[O-])c3)n2Cc2c(F)cccc2Cl)n(C)c1=O. The maximum Gasteiger partial charge on any atom is 0.332 e. The largest absolute Gasteiger partial charge is 0.332 e. The number of rotatable bonds is 4. The number of halogens is 2. The van der Waals surface area contributed by atoms with E-state index in [1.807, 2.05) is 0 Å². The highest BCUT2D eigenvalue weighted by Crippen LogP contribution is 2.28. The maximum absolute atomic E-state index is 14.5. The number of hydrogen-bond donors (Lipinski definition) is 0. The number of nitro groups is 1. The number of aryl methyl sites for hydroxylation is 1. The van der Waals surface area contributed by atoms with Gasteiger partial charge in [0.1, 0.15) is 11.6 Å². The second-order valence-corrected chi connectivity index (χ2v) is 7.31. The molecule has 2 heterocycles. The summed E-state index contributed by atoms with van der Waals surface area (Å²) in [5.41, 5.74) is -0.834. The Hall–Kier alpha value is -3.79. The molecule has 4 aromatic rings. The van der Waals surface area contributed by atoms with Crippen LogP contribution < -0.4 is 11.2 Å². The van der Waals surface area contributed by atoms with Gasteiger partial charge in [0.15, 0.2) is 11.2 Å². The molecule has 0 aliphatic rings. The van der Waals surface area contributed by atoms with Gasteiger partial charge in [0.05, 0.1) is 11.5 Å². The number of nitrogens with zero attached hydrogens (tertiary/aromatic N) is 5. The Morgan fingerprint density at radius 2 is 1.84 bits per heavy atom. The lowest BCUT2D eigenvalue weighted by atomic mass is 10.1. The van der Waals surface area contributed by atoms with Crippen molar-refractivity contribution < 1.29 is 9.31 Å². The number of benzene rings is 2. The highest BCUT2D eigenvalue weighted by molar-refractivity contribution is 6.31. The van der Waals surface area contributed by atoms with Crippen LogP contribution in [0.15, 0.2) is 52.1 Å². The Bertz CT molecular complexity index is 1470. The summed E-state index contributed by atoms with van der Waals surface area (Å²) in [4.78, 5) is 40.4. The molecule has 158 valence electrons. The van der Waals surface area contributed by atoms with Gasteiger partial charge in [-0.2, -0.15) is 0 Å². The molecule has 11 heteroatoms. The molecule has 0 spiro atoms. The van der Waals surface area contributed by atoms with Crippen molar-refractivity contribution in [3.8, 4) is 11.4 Å². The molecule has 9 nitrogen and oxygen atoms in total. The van der Waals surface area contributed by atoms with E-state index >= 15 is 0 Å². The molecule has 0 atom stereocenters. The lowest BCUT2D eigenvalue weighted by Gasteiger charge is -2.12. The van der Waals surface area contributed by atoms with Crippen molar-refractivity contribution in [3.63, 3.8) is 0 Å². The minimum absolute atomic E-state index is 0.0467. The summed E-state index contributed by atoms with van der Waals surface area (Å²) in [6.45, 7) is -0.173. The number of nitro benzene ring substituents is 1. The highest BCUT2D eigenvalue weighted by atomic mass is 35.5. The van der Waals surface area contributed by atoms with Crippen molar-refractivity contribution in [2.75, 3.05) is 0 Å². The monoisotopic (exact) mass is 443 g/mol. The zero-order chi connectivity index (χ0) is 22.4. The average molecular weight is 444 g/mol. The van der Waals surface area contributed by atoms with Crippen LogP contribution in [0.2, 0.25) is 5.02 Å². The molecule has 0 unspecified atom stereocenters. The molecule has 2 aromatic heterocycles. The molecule has 31 heavy (non-hydrogen) atoms. The van der Waals surface area contributed by atoms with Crippen LogP contribution in [-0.2, 0) is 20.6 Å². The second-order valence-electron chi connectivity index (χ2n) is 6.91. The molecule has 0 aliphatic heterocycles. The minimum atomic E-state index is -0.630. The Morgan fingerprint density at radius 3 is 2.52 bits per heavy atom. The van der Waals surface area contributed by atoms with Crippen molar-refractivity contribution in [2.45, 2.75) is 6.54 Å². The first-order chi connectivity index (χ1) is 14.7. The first kappa shape index (κ1) is 20.5. The third-order valence-electron chi connectivity index (χ3n) is 5.04. The van der Waals surface area contributed by atoms with Crippen LogP contribution in [0.3, 0.4) is 0 Å². The maximum atomic E-state index is 14.5. The van der Waals surface area contributed by atoms with Crippen LogP contribution in [0, 0.1) is 15.9 Å². The van der Waals surface area contributed by atoms with Crippen LogP contribution >= 0.6 is 11.6 Å². The third-order valence-corrected chi connectivity index (χ3v) is 5.40. The molecular formula is C20H15ClFN5O4. The van der Waals surface area contributed by atoms with Gasteiger partial charge in [-0.15, -0.1) is 0 Å². The molecule has 0 amide bonds.